The van der Waals surface area contributed by atoms with Gasteiger partial charge in [-0.15, -0.1) is 11.3 Å². The third kappa shape index (κ3) is 8.56. The molecule has 56 heavy (non-hydrogen) atoms. The minimum Gasteiger partial charge on any atom is -0.446 e. The van der Waals surface area contributed by atoms with Crippen LogP contribution in [0.3, 0.4) is 0 Å². The van der Waals surface area contributed by atoms with Gasteiger partial charge in [0.25, 0.3) is 0 Å². The topological polar surface area (TPSA) is 87.1 Å². The van der Waals surface area contributed by atoms with E-state index in [0.717, 1.165) is 58.9 Å². The maximum Gasteiger partial charge on any atom is 0.410 e. The molecule has 0 radical (unpaired) electrons. The van der Waals surface area contributed by atoms with Crippen molar-refractivity contribution < 1.29 is 24.5 Å². The van der Waals surface area contributed by atoms with Gasteiger partial charge in [0.05, 0.1) is 23.1 Å². The third-order valence-electron chi connectivity index (χ3n) is 13.7. The Balaban J connectivity index is 1.28. The lowest BCUT2D eigenvalue weighted by atomic mass is 9.64. The Morgan fingerprint density at radius 1 is 0.964 bits per heavy atom. The molecule has 4 aliphatic carbocycles. The lowest BCUT2D eigenvalue weighted by Crippen LogP contribution is -2.54. The average molecular weight is 776 g/mol. The Morgan fingerprint density at radius 3 is 2.50 bits per heavy atom. The summed E-state index contributed by atoms with van der Waals surface area (Å²) in [4.78, 5) is 31.7. The van der Waals surface area contributed by atoms with Crippen LogP contribution in [0.15, 0.2) is 90.5 Å². The van der Waals surface area contributed by atoms with Crippen LogP contribution in [0.4, 0.5) is 4.79 Å². The number of ketones is 1. The van der Waals surface area contributed by atoms with Gasteiger partial charge >= 0.3 is 6.09 Å². The summed E-state index contributed by atoms with van der Waals surface area (Å²) in [6.45, 7) is 11.5. The van der Waals surface area contributed by atoms with Crippen molar-refractivity contribution in [1.82, 2.24) is 4.90 Å². The van der Waals surface area contributed by atoms with Crippen LogP contribution >= 0.6 is 11.3 Å². The minimum absolute atomic E-state index is 0.0196. The summed E-state index contributed by atoms with van der Waals surface area (Å²) in [5.74, 6) is 1.04. The summed E-state index contributed by atoms with van der Waals surface area (Å²) < 4.78 is 7.57. The van der Waals surface area contributed by atoms with E-state index in [1.807, 2.05) is 60.7 Å². The first-order valence-corrected chi connectivity index (χ1v) is 21.9. The molecule has 7 atom stereocenters. The summed E-state index contributed by atoms with van der Waals surface area (Å²) in [6, 6.07) is 26.3. The van der Waals surface area contributed by atoms with Crippen molar-refractivity contribution in [2.24, 2.45) is 23.2 Å². The zero-order valence-corrected chi connectivity index (χ0v) is 34.8. The van der Waals surface area contributed by atoms with E-state index < -0.39 is 17.1 Å². The predicted octanol–water partition coefficient (Wildman–Crippen LogP) is 11.3. The number of carbonyl (C=O) groups excluding carboxylic acids is 2. The number of allylic oxidation sites excluding steroid dienone is 2. The van der Waals surface area contributed by atoms with Crippen LogP contribution in [0, 0.1) is 23.2 Å². The van der Waals surface area contributed by atoms with Gasteiger partial charge in [-0.05, 0) is 129 Å². The molecule has 0 unspecified atom stereocenters. The maximum absolute atomic E-state index is 14.7. The smallest absolute Gasteiger partial charge is 0.410 e. The number of aliphatic hydroxyl groups is 2. The zero-order chi connectivity index (χ0) is 39.6. The molecule has 3 aromatic carbocycles. The first-order chi connectivity index (χ1) is 26.8. The van der Waals surface area contributed by atoms with Crippen molar-refractivity contribution in [2.45, 2.75) is 129 Å². The van der Waals surface area contributed by atoms with E-state index in [-0.39, 0.29) is 30.4 Å². The second kappa shape index (κ2) is 17.0. The van der Waals surface area contributed by atoms with Crippen molar-refractivity contribution >= 4 is 33.3 Å². The molecule has 0 aliphatic heterocycles. The fraction of sp³-hybridized carbons (Fsp3) is 0.510. The van der Waals surface area contributed by atoms with Gasteiger partial charge in [0.2, 0.25) is 5.78 Å². The molecule has 0 saturated heterocycles. The molecule has 1 heterocycles. The molecule has 6 nitrogen and oxygen atoms in total. The van der Waals surface area contributed by atoms with Gasteiger partial charge in [-0.3, -0.25) is 4.79 Å². The van der Waals surface area contributed by atoms with E-state index in [1.165, 1.54) is 16.9 Å². The zero-order valence-electron chi connectivity index (χ0n) is 34.0. The number of benzene rings is 3. The van der Waals surface area contributed by atoms with Gasteiger partial charge in [0.15, 0.2) is 0 Å². The number of amides is 1. The molecule has 2 N–H and O–H groups in total. The molecule has 2 bridgehead atoms. The Labute approximate surface area is 338 Å². The quantitative estimate of drug-likeness (QED) is 0.137. The molecule has 2 fully saturated rings. The molecule has 298 valence electrons. The number of fused-ring (bicyclic) bond motifs is 9. The molecule has 7 heteroatoms. The maximum atomic E-state index is 14.7. The predicted molar refractivity (Wildman–Crippen MR) is 227 cm³/mol. The van der Waals surface area contributed by atoms with Gasteiger partial charge in [-0.2, -0.15) is 0 Å². The van der Waals surface area contributed by atoms with Crippen LogP contribution in [0.1, 0.15) is 130 Å². The van der Waals surface area contributed by atoms with E-state index in [4.69, 9.17) is 4.74 Å². The van der Waals surface area contributed by atoms with Crippen molar-refractivity contribution in [3.05, 3.63) is 118 Å². The van der Waals surface area contributed by atoms with Gasteiger partial charge in [-0.25, -0.2) is 4.79 Å². The number of rotatable bonds is 8. The highest BCUT2D eigenvalue weighted by Crippen LogP contribution is 2.59. The van der Waals surface area contributed by atoms with Crippen molar-refractivity contribution in [1.29, 1.82) is 0 Å². The minimum atomic E-state index is -1.26. The van der Waals surface area contributed by atoms with Gasteiger partial charge in [-0.1, -0.05) is 106 Å². The van der Waals surface area contributed by atoms with Gasteiger partial charge in [0.1, 0.15) is 6.10 Å². The van der Waals surface area contributed by atoms with E-state index in [9.17, 15) is 19.8 Å². The molecule has 8 rings (SSSR count). The van der Waals surface area contributed by atoms with E-state index >= 15 is 0 Å². The fourth-order valence-electron chi connectivity index (χ4n) is 10.2. The third-order valence-corrected chi connectivity index (χ3v) is 14.8. The first-order valence-electron chi connectivity index (χ1n) is 21.0. The highest BCUT2D eigenvalue weighted by atomic mass is 32.1. The Kier molecular flexibility index (Phi) is 12.3. The van der Waals surface area contributed by atoms with Crippen LogP contribution in [-0.2, 0) is 17.7 Å². The van der Waals surface area contributed by atoms with Gasteiger partial charge in [0, 0.05) is 22.2 Å². The van der Waals surface area contributed by atoms with Crippen LogP contribution in [-0.4, -0.2) is 51.3 Å². The van der Waals surface area contributed by atoms with Gasteiger partial charge < -0.3 is 19.8 Å². The second-order valence-electron chi connectivity index (χ2n) is 18.0. The molecule has 4 aliphatic rings. The SMILES string of the molecule is CC1=CCC[C@@]2(C)[C@@H](CC[C@@]2(O)CN(Cc2ccccc2)C(=O)O[C@H]2C[C@@H](C)CC[C@@H]2C(C)C)c2ccc(cc2C(=O)c2cc3ccccc3s2)C[C@@H](O)CC1. The molecule has 1 amide bonds. The van der Waals surface area contributed by atoms with E-state index in [1.54, 1.807) is 4.90 Å². The standard InChI is InChI=1S/C49H61NO5S/c1-32(2)39-21-18-34(4)26-43(39)55-47(53)50(30-35-13-7-6-8-14-35)31-49(54)25-23-42-40-22-19-36(27-38(51)20-17-33(3)12-11-24-48(42,49)5)28-41(40)46(52)45-29-37-15-9-10-16-44(37)56-45/h6-10,12-16,19,22,28-29,32,34,38-39,42-43,51,54H,11,17-18,20-21,23-27,30-31H2,1-5H3/t34-,38-,39+,42-,43-,48-,49+/m0/s1. The molecular formula is C49H61NO5S. The van der Waals surface area contributed by atoms with Crippen LogP contribution in [0.25, 0.3) is 10.1 Å². The normalized spacial score (nSPS) is 28.4. The van der Waals surface area contributed by atoms with Crippen LogP contribution in [0.5, 0.6) is 0 Å². The molecule has 1 aromatic heterocycles. The Hall–Kier alpha value is -3.78. The number of carbonyl (C=O) groups is 2. The average Bonchev–Trinajstić information content (AvgIpc) is 3.72. The van der Waals surface area contributed by atoms with E-state index in [2.05, 4.69) is 58.9 Å². The summed E-state index contributed by atoms with van der Waals surface area (Å²) in [5.41, 5.74) is 2.81. The Morgan fingerprint density at radius 2 is 1.73 bits per heavy atom. The highest BCUT2D eigenvalue weighted by Gasteiger charge is 2.58. The highest BCUT2D eigenvalue weighted by molar-refractivity contribution is 7.21. The Bertz CT molecular complexity index is 2000. The number of aliphatic hydroxyl groups excluding tert-OH is 1. The number of hydrogen-bond acceptors (Lipinski definition) is 6. The van der Waals surface area contributed by atoms with Crippen LogP contribution in [0.2, 0.25) is 0 Å². The summed E-state index contributed by atoms with van der Waals surface area (Å²) >= 11 is 1.51. The largest absolute Gasteiger partial charge is 0.446 e. The van der Waals surface area contributed by atoms with Crippen molar-refractivity contribution in [3.8, 4) is 0 Å². The molecule has 0 spiro atoms. The van der Waals surface area contributed by atoms with Crippen molar-refractivity contribution in [3.63, 3.8) is 0 Å². The molecule has 4 aromatic rings. The number of ether oxygens (including phenoxy) is 1. The number of thiophene rings is 1. The fourth-order valence-corrected chi connectivity index (χ4v) is 11.2. The summed E-state index contributed by atoms with van der Waals surface area (Å²) in [6.07, 6.45) is 8.76. The van der Waals surface area contributed by atoms with Crippen LogP contribution < -0.4 is 0 Å². The lowest BCUT2D eigenvalue weighted by Gasteiger charge is -2.46. The van der Waals surface area contributed by atoms with E-state index in [0.29, 0.717) is 66.8 Å². The molecule has 2 saturated carbocycles. The summed E-state index contributed by atoms with van der Waals surface area (Å²) in [5, 5.41) is 25.4. The lowest BCUT2D eigenvalue weighted by molar-refractivity contribution is -0.0876. The number of nitrogens with zero attached hydrogens (tertiary/aromatic N) is 1. The summed E-state index contributed by atoms with van der Waals surface area (Å²) in [7, 11) is 0. The first kappa shape index (κ1) is 40.4. The second-order valence-corrected chi connectivity index (χ2v) is 19.1. The van der Waals surface area contributed by atoms with Crippen molar-refractivity contribution in [2.75, 3.05) is 6.54 Å². The number of hydrogen-bond donors (Lipinski definition) is 2. The molecular weight excluding hydrogens is 715 g/mol. The monoisotopic (exact) mass is 775 g/mol.